The number of aromatic nitrogens is 1. The van der Waals surface area contributed by atoms with Crippen molar-refractivity contribution in [3.63, 3.8) is 0 Å². The van der Waals surface area contributed by atoms with Gasteiger partial charge in [0.25, 0.3) is 0 Å². The van der Waals surface area contributed by atoms with Crippen LogP contribution in [0.4, 0.5) is 11.4 Å². The number of furan rings is 1. The number of hydrogen-bond acceptors (Lipinski definition) is 2. The Hall–Kier alpha value is -8.14. The van der Waals surface area contributed by atoms with Crippen LogP contribution in [0.15, 0.2) is 210 Å². The summed E-state index contributed by atoms with van der Waals surface area (Å²) in [5, 5.41) is 10.4. The fourth-order valence-electron chi connectivity index (χ4n) is 13.2. The normalized spacial score (nSPS) is 22.0. The molecule has 3 heterocycles. The van der Waals surface area contributed by atoms with Crippen LogP contribution in [-0.2, 0) is 6.42 Å². The van der Waals surface area contributed by atoms with Crippen LogP contribution < -0.4 is 15.5 Å². The number of nitrogens with zero attached hydrogens (tertiary/aromatic N) is 2. The summed E-state index contributed by atoms with van der Waals surface area (Å²) in [6, 6.07) is 59.1. The van der Waals surface area contributed by atoms with E-state index in [2.05, 4.69) is 236 Å². The Balaban J connectivity index is 0.711. The summed E-state index contributed by atoms with van der Waals surface area (Å²) in [6.45, 7) is 4.64. The first-order chi connectivity index (χ1) is 35.0. The number of anilines is 2. The van der Waals surface area contributed by atoms with Crippen molar-refractivity contribution < 1.29 is 4.42 Å². The molecule has 6 unspecified atom stereocenters. The molecule has 15 rings (SSSR count). The van der Waals surface area contributed by atoms with Crippen LogP contribution in [0.5, 0.6) is 0 Å². The zero-order valence-electron chi connectivity index (χ0n) is 40.0. The Bertz CT molecular complexity index is 4190. The molecule has 71 heavy (non-hydrogen) atoms. The molecule has 8 aromatic carbocycles. The van der Waals surface area contributed by atoms with E-state index in [4.69, 9.17) is 4.42 Å². The summed E-state index contributed by atoms with van der Waals surface area (Å²) in [7, 11) is 0. The highest BCUT2D eigenvalue weighted by Gasteiger charge is 2.39. The lowest BCUT2D eigenvalue weighted by Crippen LogP contribution is -2.29. The quantitative estimate of drug-likeness (QED) is 0.160. The number of hydrogen-bond donors (Lipinski definition) is 0. The first-order valence-corrected chi connectivity index (χ1v) is 25.7. The lowest BCUT2D eigenvalue weighted by Gasteiger charge is -2.31. The molecular weight excluding hydrogens is 861 g/mol. The van der Waals surface area contributed by atoms with Gasteiger partial charge in [0.05, 0.1) is 17.1 Å². The van der Waals surface area contributed by atoms with E-state index >= 15 is 0 Å². The van der Waals surface area contributed by atoms with Crippen LogP contribution in [0.2, 0.25) is 0 Å². The lowest BCUT2D eigenvalue weighted by atomic mass is 9.81. The van der Waals surface area contributed by atoms with E-state index in [1.165, 1.54) is 110 Å². The Morgan fingerprint density at radius 2 is 1.31 bits per heavy atom. The maximum atomic E-state index is 6.23. The van der Waals surface area contributed by atoms with Gasteiger partial charge in [-0.1, -0.05) is 172 Å². The van der Waals surface area contributed by atoms with E-state index in [0.29, 0.717) is 17.8 Å². The third-order valence-electron chi connectivity index (χ3n) is 16.7. The molecule has 0 bridgehead atoms. The van der Waals surface area contributed by atoms with Gasteiger partial charge >= 0.3 is 0 Å². The molecule has 0 N–H and O–H groups in total. The van der Waals surface area contributed by atoms with E-state index in [9.17, 15) is 0 Å². The highest BCUT2D eigenvalue weighted by Crippen LogP contribution is 2.51. The summed E-state index contributed by atoms with van der Waals surface area (Å²) < 4.78 is 8.67. The van der Waals surface area contributed by atoms with Gasteiger partial charge in [0.2, 0.25) is 0 Å². The number of para-hydroxylation sites is 3. The number of rotatable bonds is 5. The lowest BCUT2D eigenvalue weighted by molar-refractivity contribution is 0.558. The SMILES string of the molecule is CC1C=Cc2c(c3cc(N4c5ccccc5C5C=C(C6C=CC(c7ccc8c(c7)c7ccccc7n8-c7ccc(C8C=c9c(oc%10ccccc9%10)=CC8C)cc7)=CC6)C=CC54)ccc3c3ccccc23)C1. The van der Waals surface area contributed by atoms with Gasteiger partial charge in [-0.05, 0) is 146 Å². The van der Waals surface area contributed by atoms with E-state index in [0.717, 1.165) is 23.8 Å². The van der Waals surface area contributed by atoms with Crippen LogP contribution in [-0.4, -0.2) is 10.6 Å². The molecule has 340 valence electrons. The molecule has 6 atom stereocenters. The van der Waals surface area contributed by atoms with Crippen LogP contribution in [0.3, 0.4) is 0 Å². The van der Waals surface area contributed by atoms with Gasteiger partial charge in [-0.2, -0.15) is 0 Å². The van der Waals surface area contributed by atoms with Gasteiger partial charge in [-0.3, -0.25) is 0 Å². The fraction of sp³-hybridized carbons (Fsp3) is 0.147. The van der Waals surface area contributed by atoms with Gasteiger partial charge in [0, 0.05) is 56.2 Å². The standard InChI is InChI=1S/C68H52N2O/c1-41-19-31-52-50-11-3-4-12-51(50)53-32-30-49(39-59(53)58(52)35-41)70-64-17-9-6-14-55(64)61-38-47(27-34-66(61)70)44-22-20-43(21-23-44)46-26-33-65-60(37-46)54-13-5-8-16-63(54)69(65)48-28-24-45(25-29-48)57-40-62-56-15-7-10-18-67(56)71-68(62)36-42(57)2/h3-22,24-34,36-42,44,57,61,66H,23,35H2,1-2H3. The monoisotopic (exact) mass is 912 g/mol. The van der Waals surface area contributed by atoms with Crippen molar-refractivity contribution in [3.8, 4) is 5.69 Å². The zero-order valence-corrected chi connectivity index (χ0v) is 40.0. The first-order valence-electron chi connectivity index (χ1n) is 25.7. The van der Waals surface area contributed by atoms with Crippen LogP contribution in [0.1, 0.15) is 59.9 Å². The first kappa shape index (κ1) is 40.7. The summed E-state index contributed by atoms with van der Waals surface area (Å²) in [4.78, 5) is 2.61. The zero-order chi connectivity index (χ0) is 46.9. The predicted octanol–water partition coefficient (Wildman–Crippen LogP) is 15.8. The smallest absolute Gasteiger partial charge is 0.135 e. The molecule has 0 saturated carbocycles. The van der Waals surface area contributed by atoms with E-state index < -0.39 is 0 Å². The Labute approximate surface area is 413 Å². The van der Waals surface area contributed by atoms with E-state index in [-0.39, 0.29) is 17.9 Å². The van der Waals surface area contributed by atoms with Crippen molar-refractivity contribution in [3.05, 3.63) is 244 Å². The average Bonchev–Trinajstić information content (AvgIpc) is 4.07. The highest BCUT2D eigenvalue weighted by atomic mass is 16.3. The number of benzene rings is 8. The molecule has 0 fully saturated rings. The van der Waals surface area contributed by atoms with E-state index in [1.54, 1.807) is 0 Å². The van der Waals surface area contributed by atoms with Gasteiger partial charge in [-0.15, -0.1) is 0 Å². The molecule has 2 aromatic heterocycles. The fourth-order valence-corrected chi connectivity index (χ4v) is 13.2. The Morgan fingerprint density at radius 1 is 0.549 bits per heavy atom. The van der Waals surface area contributed by atoms with Crippen LogP contribution in [0, 0.1) is 17.8 Å². The summed E-state index contributed by atoms with van der Waals surface area (Å²) in [6.07, 6.45) is 26.3. The Kier molecular flexibility index (Phi) is 9.00. The summed E-state index contributed by atoms with van der Waals surface area (Å²) >= 11 is 0. The minimum absolute atomic E-state index is 0.221. The highest BCUT2D eigenvalue weighted by molar-refractivity contribution is 6.14. The van der Waals surface area contributed by atoms with Gasteiger partial charge in [0.15, 0.2) is 0 Å². The van der Waals surface area contributed by atoms with Gasteiger partial charge in [-0.25, -0.2) is 0 Å². The second-order valence-electron chi connectivity index (χ2n) is 20.8. The summed E-state index contributed by atoms with van der Waals surface area (Å²) in [5.41, 5.74) is 17.7. The molecule has 3 heteroatoms. The predicted molar refractivity (Wildman–Crippen MR) is 298 cm³/mol. The second kappa shape index (κ2) is 15.7. The molecular formula is C68H52N2O. The third-order valence-corrected chi connectivity index (χ3v) is 16.7. The minimum atomic E-state index is 0.221. The van der Waals surface area contributed by atoms with Crippen LogP contribution >= 0.6 is 0 Å². The molecule has 0 spiro atoms. The van der Waals surface area contributed by atoms with Crippen LogP contribution in [0.25, 0.3) is 83.8 Å². The summed E-state index contributed by atoms with van der Waals surface area (Å²) in [5.74, 6) is 1.74. The van der Waals surface area contributed by atoms with Crippen molar-refractivity contribution in [2.45, 2.75) is 44.6 Å². The molecule has 1 aliphatic heterocycles. The van der Waals surface area contributed by atoms with E-state index in [1.807, 2.05) is 6.07 Å². The minimum Gasteiger partial charge on any atom is -0.456 e. The van der Waals surface area contributed by atoms with Crippen molar-refractivity contribution in [2.24, 2.45) is 17.8 Å². The topological polar surface area (TPSA) is 21.3 Å². The van der Waals surface area contributed by atoms with Crippen molar-refractivity contribution in [1.29, 1.82) is 0 Å². The molecule has 0 saturated heterocycles. The second-order valence-corrected chi connectivity index (χ2v) is 20.8. The molecule has 0 amide bonds. The maximum Gasteiger partial charge on any atom is 0.135 e. The molecule has 10 aromatic rings. The largest absolute Gasteiger partial charge is 0.456 e. The molecule has 5 aliphatic rings. The molecule has 4 aliphatic carbocycles. The number of fused-ring (bicyclic) bond motifs is 15. The maximum absolute atomic E-state index is 6.23. The Morgan fingerprint density at radius 3 is 2.18 bits per heavy atom. The molecule has 0 radical (unpaired) electrons. The third kappa shape index (κ3) is 6.28. The average molecular weight is 913 g/mol. The molecule has 3 nitrogen and oxygen atoms in total. The van der Waals surface area contributed by atoms with Crippen molar-refractivity contribution in [1.82, 2.24) is 4.57 Å². The van der Waals surface area contributed by atoms with Crippen molar-refractivity contribution >= 4 is 89.5 Å². The number of allylic oxidation sites excluding steroid dienone is 7. The van der Waals surface area contributed by atoms with Gasteiger partial charge in [0.1, 0.15) is 11.0 Å². The van der Waals surface area contributed by atoms with Crippen molar-refractivity contribution in [2.75, 3.05) is 4.90 Å². The van der Waals surface area contributed by atoms with Gasteiger partial charge < -0.3 is 13.9 Å².